The molecular weight excluding hydrogens is 380 g/mol. The lowest BCUT2D eigenvalue weighted by Crippen LogP contribution is -2.43. The summed E-state index contributed by atoms with van der Waals surface area (Å²) in [6.45, 7) is 6.19. The number of carbonyl (C=O) groups excluding carboxylic acids is 2. The number of rotatable bonds is 6. The molecule has 1 heterocycles. The van der Waals surface area contributed by atoms with Gasteiger partial charge in [-0.15, -0.1) is 0 Å². The van der Waals surface area contributed by atoms with E-state index in [0.717, 1.165) is 18.5 Å². The molecule has 0 aliphatic heterocycles. The van der Waals surface area contributed by atoms with Crippen molar-refractivity contribution in [3.8, 4) is 5.69 Å². The first kappa shape index (κ1) is 21.9. The molecule has 0 radical (unpaired) electrons. The first-order chi connectivity index (χ1) is 14.3. The number of hydrogen-bond acceptors (Lipinski definition) is 3. The molecule has 1 aromatic carbocycles. The summed E-state index contributed by atoms with van der Waals surface area (Å²) in [6, 6.07) is 9.45. The maximum absolute atomic E-state index is 12.9. The van der Waals surface area contributed by atoms with Crippen LogP contribution in [0.1, 0.15) is 51.6 Å². The molecule has 0 saturated heterocycles. The van der Waals surface area contributed by atoms with E-state index in [-0.39, 0.29) is 41.9 Å². The van der Waals surface area contributed by atoms with E-state index in [9.17, 15) is 14.4 Å². The molecule has 30 heavy (non-hydrogen) atoms. The van der Waals surface area contributed by atoms with Crippen LogP contribution in [-0.2, 0) is 16.6 Å². The first-order valence-electron chi connectivity index (χ1n) is 10.7. The molecule has 7 nitrogen and oxygen atoms in total. The van der Waals surface area contributed by atoms with E-state index in [1.807, 2.05) is 30.3 Å². The minimum absolute atomic E-state index is 0.0433. The molecule has 1 saturated carbocycles. The number of aromatic nitrogens is 2. The average Bonchev–Trinajstić information content (AvgIpc) is 2.94. The second-order valence-corrected chi connectivity index (χ2v) is 8.43. The first-order valence-corrected chi connectivity index (χ1v) is 10.7. The van der Waals surface area contributed by atoms with Crippen molar-refractivity contribution in [1.29, 1.82) is 0 Å². The molecule has 2 aromatic rings. The fraction of sp³-hybridized carbons (Fsp3) is 0.522. The fourth-order valence-electron chi connectivity index (χ4n) is 4.21. The summed E-state index contributed by atoms with van der Waals surface area (Å²) in [6.07, 6.45) is 3.47. The Hall–Kier alpha value is -2.83. The van der Waals surface area contributed by atoms with Gasteiger partial charge in [0, 0.05) is 25.9 Å². The SMILES string of the molecule is Cc1c(NC(=O)CCC(=O)N[C@@H]2CCC[C@@H](C)[C@@H]2C)c(=O)n(-c2ccccc2)n1C. The minimum atomic E-state index is -0.332. The van der Waals surface area contributed by atoms with Crippen LogP contribution in [0.3, 0.4) is 0 Å². The van der Waals surface area contributed by atoms with Gasteiger partial charge in [-0.3, -0.25) is 19.1 Å². The molecule has 0 bridgehead atoms. The number of hydrogen-bond donors (Lipinski definition) is 2. The number of anilines is 1. The standard InChI is InChI=1S/C23H32N4O3/c1-15-9-8-12-19(16(15)2)24-20(28)13-14-21(29)25-22-17(3)26(4)27(23(22)30)18-10-6-5-7-11-18/h5-7,10-11,15-16,19H,8-9,12-14H2,1-4H3,(H,24,28)(H,25,29)/t15-,16+,19-/m1/s1. The van der Waals surface area contributed by atoms with Gasteiger partial charge >= 0.3 is 0 Å². The molecule has 2 N–H and O–H groups in total. The lowest BCUT2D eigenvalue weighted by molar-refractivity contribution is -0.125. The van der Waals surface area contributed by atoms with Crippen molar-refractivity contribution in [1.82, 2.24) is 14.7 Å². The third-order valence-electron chi connectivity index (χ3n) is 6.45. The highest BCUT2D eigenvalue weighted by molar-refractivity contribution is 5.93. The third-order valence-corrected chi connectivity index (χ3v) is 6.45. The largest absolute Gasteiger partial charge is 0.353 e. The van der Waals surface area contributed by atoms with Crippen molar-refractivity contribution >= 4 is 17.5 Å². The molecular formula is C23H32N4O3. The van der Waals surface area contributed by atoms with E-state index in [1.165, 1.54) is 11.1 Å². The Morgan fingerprint density at radius 1 is 1.07 bits per heavy atom. The summed E-state index contributed by atoms with van der Waals surface area (Å²) < 4.78 is 3.23. The van der Waals surface area contributed by atoms with Gasteiger partial charge in [-0.2, -0.15) is 0 Å². The molecule has 162 valence electrons. The van der Waals surface area contributed by atoms with Gasteiger partial charge in [-0.25, -0.2) is 4.68 Å². The van der Waals surface area contributed by atoms with Crippen LogP contribution in [0.4, 0.5) is 5.69 Å². The van der Waals surface area contributed by atoms with Crippen molar-refractivity contribution in [3.05, 3.63) is 46.4 Å². The number of nitrogens with one attached hydrogen (secondary N) is 2. The highest BCUT2D eigenvalue weighted by Gasteiger charge is 2.28. The van der Waals surface area contributed by atoms with Crippen molar-refractivity contribution in [3.63, 3.8) is 0 Å². The summed E-state index contributed by atoms with van der Waals surface area (Å²) in [7, 11) is 1.78. The lowest BCUT2D eigenvalue weighted by Gasteiger charge is -2.34. The summed E-state index contributed by atoms with van der Waals surface area (Å²) in [4.78, 5) is 37.6. The Kier molecular flexibility index (Phi) is 6.80. The van der Waals surface area contributed by atoms with Gasteiger partial charge in [0.05, 0.1) is 11.4 Å². The van der Waals surface area contributed by atoms with Crippen molar-refractivity contribution < 1.29 is 9.59 Å². The van der Waals surface area contributed by atoms with Crippen molar-refractivity contribution in [2.45, 2.75) is 58.9 Å². The van der Waals surface area contributed by atoms with Crippen molar-refractivity contribution in [2.24, 2.45) is 18.9 Å². The van der Waals surface area contributed by atoms with Crippen LogP contribution < -0.4 is 16.2 Å². The lowest BCUT2D eigenvalue weighted by atomic mass is 9.78. The monoisotopic (exact) mass is 412 g/mol. The van der Waals surface area contributed by atoms with Gasteiger partial charge in [0.15, 0.2) is 0 Å². The predicted octanol–water partition coefficient (Wildman–Crippen LogP) is 3.14. The zero-order valence-electron chi connectivity index (χ0n) is 18.3. The van der Waals surface area contributed by atoms with Crippen LogP contribution in [0.25, 0.3) is 5.69 Å². The maximum Gasteiger partial charge on any atom is 0.295 e. The van der Waals surface area contributed by atoms with Gasteiger partial charge in [-0.05, 0) is 37.3 Å². The Morgan fingerprint density at radius 3 is 2.43 bits per heavy atom. The maximum atomic E-state index is 12.9. The number of carbonyl (C=O) groups is 2. The zero-order chi connectivity index (χ0) is 21.8. The average molecular weight is 413 g/mol. The molecule has 1 aliphatic rings. The Bertz CT molecular complexity index is 961. The molecule has 7 heteroatoms. The Balaban J connectivity index is 1.60. The molecule has 2 amide bonds. The van der Waals surface area contributed by atoms with Gasteiger partial charge in [0.25, 0.3) is 5.56 Å². The third kappa shape index (κ3) is 4.66. The number of benzene rings is 1. The van der Waals surface area contributed by atoms with E-state index in [0.29, 0.717) is 17.5 Å². The van der Waals surface area contributed by atoms with Gasteiger partial charge in [-0.1, -0.05) is 44.9 Å². The summed E-state index contributed by atoms with van der Waals surface area (Å²) in [5.74, 6) is 0.601. The normalized spacial score (nSPS) is 21.3. The smallest absolute Gasteiger partial charge is 0.295 e. The number of amides is 2. The fourth-order valence-corrected chi connectivity index (χ4v) is 4.21. The van der Waals surface area contributed by atoms with Crippen LogP contribution in [0, 0.1) is 18.8 Å². The van der Waals surface area contributed by atoms with Gasteiger partial charge in [0.1, 0.15) is 5.69 Å². The van der Waals surface area contributed by atoms with E-state index in [2.05, 4.69) is 24.5 Å². The quantitative estimate of drug-likeness (QED) is 0.764. The predicted molar refractivity (Wildman–Crippen MR) is 118 cm³/mol. The van der Waals surface area contributed by atoms with Crippen molar-refractivity contribution in [2.75, 3.05) is 5.32 Å². The van der Waals surface area contributed by atoms with E-state index >= 15 is 0 Å². The number of para-hydroxylation sites is 1. The summed E-state index contributed by atoms with van der Waals surface area (Å²) in [5, 5.41) is 5.80. The molecule has 3 atom stereocenters. The summed E-state index contributed by atoms with van der Waals surface area (Å²) >= 11 is 0. The van der Waals surface area contributed by atoms with Crippen LogP contribution in [0.5, 0.6) is 0 Å². The molecule has 0 unspecified atom stereocenters. The van der Waals surface area contributed by atoms with Crippen LogP contribution in [-0.4, -0.2) is 27.2 Å². The minimum Gasteiger partial charge on any atom is -0.353 e. The molecule has 1 aliphatic carbocycles. The molecule has 3 rings (SSSR count). The summed E-state index contributed by atoms with van der Waals surface area (Å²) in [5.41, 5.74) is 1.35. The second kappa shape index (κ2) is 9.32. The van der Waals surface area contributed by atoms with Gasteiger partial charge < -0.3 is 10.6 Å². The van der Waals surface area contributed by atoms with Gasteiger partial charge in [0.2, 0.25) is 11.8 Å². The topological polar surface area (TPSA) is 85.1 Å². The Morgan fingerprint density at radius 2 is 1.73 bits per heavy atom. The number of nitrogens with zero attached hydrogens (tertiary/aromatic N) is 2. The highest BCUT2D eigenvalue weighted by atomic mass is 16.2. The Labute approximate surface area is 177 Å². The van der Waals surface area contributed by atoms with E-state index in [1.54, 1.807) is 18.7 Å². The van der Waals surface area contributed by atoms with E-state index < -0.39 is 0 Å². The second-order valence-electron chi connectivity index (χ2n) is 8.43. The molecule has 1 fully saturated rings. The van der Waals surface area contributed by atoms with Crippen LogP contribution in [0.15, 0.2) is 35.1 Å². The van der Waals surface area contributed by atoms with E-state index in [4.69, 9.17) is 0 Å². The molecule has 0 spiro atoms. The van der Waals surface area contributed by atoms with Crippen LogP contribution in [0.2, 0.25) is 0 Å². The molecule has 1 aromatic heterocycles. The zero-order valence-corrected chi connectivity index (χ0v) is 18.3. The highest BCUT2D eigenvalue weighted by Crippen LogP contribution is 2.29. The van der Waals surface area contributed by atoms with Crippen LogP contribution >= 0.6 is 0 Å².